The Bertz CT molecular complexity index is 336. The summed E-state index contributed by atoms with van der Waals surface area (Å²) in [5.74, 6) is 0.916. The number of thioether (sulfide) groups is 1. The number of carboxylic acid groups (broad SMARTS) is 1. The van der Waals surface area contributed by atoms with E-state index in [2.05, 4.69) is 0 Å². The van der Waals surface area contributed by atoms with E-state index < -0.39 is 5.97 Å². The number of ether oxygens (including phenoxy) is 1. The molecule has 3 nitrogen and oxygen atoms in total. The Kier molecular flexibility index (Phi) is 8.84. The molecule has 0 spiro atoms. The van der Waals surface area contributed by atoms with Crippen LogP contribution in [0.1, 0.15) is 14.3 Å². The normalized spacial score (nSPS) is 9.31. The van der Waals surface area contributed by atoms with Crippen LogP contribution in [0.5, 0.6) is 5.75 Å². The molecule has 0 fully saturated rings. The van der Waals surface area contributed by atoms with Gasteiger partial charge in [0.2, 0.25) is 0 Å². The topological polar surface area (TPSA) is 46.5 Å². The number of rotatable bonds is 6. The van der Waals surface area contributed by atoms with E-state index in [0.29, 0.717) is 6.42 Å². The molecule has 0 aromatic heterocycles. The Morgan fingerprint density at radius 2 is 2.31 bits per heavy atom. The first-order valence-corrected chi connectivity index (χ1v) is 5.69. The second kappa shape index (κ2) is 8.93. The summed E-state index contributed by atoms with van der Waals surface area (Å²) >= 11 is 1.65. The van der Waals surface area contributed by atoms with Crippen molar-refractivity contribution in [2.45, 2.75) is 17.7 Å². The van der Waals surface area contributed by atoms with Crippen LogP contribution < -0.4 is 34.3 Å². The van der Waals surface area contributed by atoms with Gasteiger partial charge in [-0.05, 0) is 30.4 Å². The summed E-state index contributed by atoms with van der Waals surface area (Å²) in [5.41, 5.74) is 0. The number of carboxylic acids is 1. The Hall–Kier alpha value is -0.160. The predicted molar refractivity (Wildman–Crippen MR) is 61.7 cm³/mol. The summed E-state index contributed by atoms with van der Waals surface area (Å²) < 4.78 is 5.09. The van der Waals surface area contributed by atoms with Crippen molar-refractivity contribution >= 4 is 17.7 Å². The molecule has 0 saturated carbocycles. The largest absolute Gasteiger partial charge is 1.00 e. The van der Waals surface area contributed by atoms with Crippen LogP contribution in [0.4, 0.5) is 0 Å². The minimum absolute atomic E-state index is 0. The number of benzene rings is 1. The van der Waals surface area contributed by atoms with E-state index in [1.807, 2.05) is 24.3 Å². The quantitative estimate of drug-likeness (QED) is 0.430. The molecule has 0 bridgehead atoms. The smallest absolute Gasteiger partial charge is 1.00 e. The van der Waals surface area contributed by atoms with Gasteiger partial charge in [-0.2, -0.15) is 0 Å². The van der Waals surface area contributed by atoms with Gasteiger partial charge in [0.05, 0.1) is 7.11 Å². The fourth-order valence-electron chi connectivity index (χ4n) is 1.10. The van der Waals surface area contributed by atoms with Gasteiger partial charge in [-0.15, -0.1) is 11.8 Å². The predicted octanol–water partition coefficient (Wildman–Crippen LogP) is -0.231. The van der Waals surface area contributed by atoms with Crippen molar-refractivity contribution in [1.82, 2.24) is 0 Å². The van der Waals surface area contributed by atoms with E-state index in [-0.39, 0.29) is 37.4 Å². The summed E-state index contributed by atoms with van der Waals surface area (Å²) in [5, 5.41) is 8.46. The van der Waals surface area contributed by atoms with Crippen molar-refractivity contribution in [3.63, 3.8) is 0 Å². The molecule has 0 aliphatic rings. The van der Waals surface area contributed by atoms with Crippen LogP contribution in [0.2, 0.25) is 0 Å². The summed E-state index contributed by atoms with van der Waals surface area (Å²) in [6.45, 7) is 0. The maximum Gasteiger partial charge on any atom is 1.00 e. The van der Waals surface area contributed by atoms with Crippen LogP contribution in [0.25, 0.3) is 0 Å². The number of aliphatic carboxylic acids is 1. The van der Waals surface area contributed by atoms with E-state index in [4.69, 9.17) is 9.84 Å². The third kappa shape index (κ3) is 6.43. The van der Waals surface area contributed by atoms with Crippen LogP contribution >= 0.6 is 11.8 Å². The fraction of sp³-hybridized carbons (Fsp3) is 0.364. The van der Waals surface area contributed by atoms with Crippen molar-refractivity contribution in [1.29, 1.82) is 0 Å². The van der Waals surface area contributed by atoms with Crippen molar-refractivity contribution in [2.75, 3.05) is 12.9 Å². The molecule has 0 aliphatic carbocycles. The standard InChI is InChI=1S/C11H14O3S.Na.H/c1-14-9-4-2-5-10(8-9)15-7-3-6-11(12)13;;/h2,4-5,8H,3,6-7H2,1H3,(H,12,13);;/q;+1;-1. The van der Waals surface area contributed by atoms with Gasteiger partial charge in [0, 0.05) is 11.3 Å². The first kappa shape index (κ1) is 15.8. The van der Waals surface area contributed by atoms with Gasteiger partial charge in [-0.3, -0.25) is 4.79 Å². The Morgan fingerprint density at radius 3 is 2.94 bits per heavy atom. The van der Waals surface area contributed by atoms with Gasteiger partial charge in [0.25, 0.3) is 0 Å². The van der Waals surface area contributed by atoms with Gasteiger partial charge in [0.15, 0.2) is 0 Å². The second-order valence-corrected chi connectivity index (χ2v) is 4.19. The molecule has 5 heteroatoms. The van der Waals surface area contributed by atoms with Gasteiger partial charge in [-0.1, -0.05) is 6.07 Å². The molecule has 0 unspecified atom stereocenters. The average molecular weight is 250 g/mol. The monoisotopic (exact) mass is 250 g/mol. The van der Waals surface area contributed by atoms with Gasteiger partial charge in [-0.25, -0.2) is 0 Å². The minimum Gasteiger partial charge on any atom is -1.00 e. The van der Waals surface area contributed by atoms with Crippen molar-refractivity contribution < 1.29 is 45.6 Å². The molecule has 0 atom stereocenters. The number of hydrogen-bond donors (Lipinski definition) is 1. The Labute approximate surface area is 123 Å². The van der Waals surface area contributed by atoms with E-state index in [9.17, 15) is 4.79 Å². The van der Waals surface area contributed by atoms with Crippen LogP contribution in [0.15, 0.2) is 29.2 Å². The summed E-state index contributed by atoms with van der Waals surface area (Å²) in [4.78, 5) is 11.4. The molecule has 84 valence electrons. The van der Waals surface area contributed by atoms with E-state index >= 15 is 0 Å². The number of methoxy groups -OCH3 is 1. The molecule has 0 heterocycles. The third-order valence-electron chi connectivity index (χ3n) is 1.84. The summed E-state index contributed by atoms with van der Waals surface area (Å²) in [6.07, 6.45) is 0.925. The van der Waals surface area contributed by atoms with Crippen LogP contribution in [-0.4, -0.2) is 23.9 Å². The molecule has 0 amide bonds. The molecule has 1 rings (SSSR count). The first-order chi connectivity index (χ1) is 7.22. The Balaban J connectivity index is 0. The Morgan fingerprint density at radius 1 is 1.56 bits per heavy atom. The third-order valence-corrected chi connectivity index (χ3v) is 2.92. The molecule has 0 saturated heterocycles. The summed E-state index contributed by atoms with van der Waals surface area (Å²) in [7, 11) is 1.63. The number of hydrogen-bond acceptors (Lipinski definition) is 3. The van der Waals surface area contributed by atoms with Gasteiger partial charge >= 0.3 is 35.5 Å². The molecule has 1 N–H and O–H groups in total. The molecule has 1 aromatic rings. The SMILES string of the molecule is COc1cccc(SCCCC(=O)O)c1.[H-].[Na+]. The average Bonchev–Trinajstić information content (AvgIpc) is 2.24. The second-order valence-electron chi connectivity index (χ2n) is 3.02. The summed E-state index contributed by atoms with van der Waals surface area (Å²) in [6, 6.07) is 7.76. The van der Waals surface area contributed by atoms with Crippen molar-refractivity contribution in [2.24, 2.45) is 0 Å². The maximum absolute atomic E-state index is 10.3. The zero-order valence-corrected chi connectivity index (χ0v) is 12.4. The van der Waals surface area contributed by atoms with Crippen LogP contribution in [0.3, 0.4) is 0 Å². The molecule has 16 heavy (non-hydrogen) atoms. The molecule has 0 aliphatic heterocycles. The van der Waals surface area contributed by atoms with Crippen molar-refractivity contribution in [3.8, 4) is 5.75 Å². The van der Waals surface area contributed by atoms with Gasteiger partial charge < -0.3 is 11.3 Å². The van der Waals surface area contributed by atoms with Gasteiger partial charge in [0.1, 0.15) is 5.75 Å². The molecule has 1 aromatic carbocycles. The van der Waals surface area contributed by atoms with Crippen LogP contribution in [0, 0.1) is 0 Å². The van der Waals surface area contributed by atoms with E-state index in [1.165, 1.54) is 0 Å². The first-order valence-electron chi connectivity index (χ1n) is 4.71. The van der Waals surface area contributed by atoms with E-state index in [1.54, 1.807) is 18.9 Å². The zero-order chi connectivity index (χ0) is 11.1. The molecular formula is C11H15NaO3S. The maximum atomic E-state index is 10.3. The van der Waals surface area contributed by atoms with Crippen molar-refractivity contribution in [3.05, 3.63) is 24.3 Å². The zero-order valence-electron chi connectivity index (χ0n) is 10.6. The van der Waals surface area contributed by atoms with E-state index in [0.717, 1.165) is 16.4 Å². The molecular weight excluding hydrogens is 235 g/mol. The fourth-order valence-corrected chi connectivity index (χ4v) is 2.00. The molecule has 0 radical (unpaired) electrons. The number of carbonyl (C=O) groups is 1. The van der Waals surface area contributed by atoms with Crippen LogP contribution in [-0.2, 0) is 4.79 Å². The minimum atomic E-state index is -0.735.